The van der Waals surface area contributed by atoms with Crippen LogP contribution in [-0.2, 0) is 29.1 Å². The number of benzene rings is 3. The summed E-state index contributed by atoms with van der Waals surface area (Å²) >= 11 is 0. The third kappa shape index (κ3) is 4.27. The summed E-state index contributed by atoms with van der Waals surface area (Å²) in [6.45, 7) is 0.462. The Bertz CT molecular complexity index is 1050. The van der Waals surface area contributed by atoms with Gasteiger partial charge in [0.05, 0.1) is 17.9 Å². The molecule has 0 bridgehead atoms. The fourth-order valence-electron chi connectivity index (χ4n) is 3.58. The van der Waals surface area contributed by atoms with Crippen LogP contribution in [0.1, 0.15) is 16.7 Å². The molecular formula is C24H23N3O3. The van der Waals surface area contributed by atoms with Crippen molar-refractivity contribution in [2.45, 2.75) is 25.6 Å². The first-order chi connectivity index (χ1) is 14.6. The van der Waals surface area contributed by atoms with Crippen molar-refractivity contribution in [3.05, 3.63) is 95.6 Å². The molecule has 0 unspecified atom stereocenters. The van der Waals surface area contributed by atoms with Gasteiger partial charge in [0.25, 0.3) is 0 Å². The average Bonchev–Trinajstić information content (AvgIpc) is 2.78. The van der Waals surface area contributed by atoms with Crippen LogP contribution in [-0.4, -0.2) is 22.9 Å². The number of ether oxygens (including phenoxy) is 1. The number of carbonyl (C=O) groups is 2. The maximum absolute atomic E-state index is 13.1. The summed E-state index contributed by atoms with van der Waals surface area (Å²) in [6.07, 6.45) is -0.107. The highest BCUT2D eigenvalue weighted by molar-refractivity contribution is 5.99. The van der Waals surface area contributed by atoms with E-state index in [1.165, 1.54) is 4.90 Å². The van der Waals surface area contributed by atoms with Gasteiger partial charge >= 0.3 is 6.09 Å². The first-order valence-electron chi connectivity index (χ1n) is 9.81. The number of fused-ring (bicyclic) bond motifs is 1. The van der Waals surface area contributed by atoms with E-state index in [0.717, 1.165) is 16.7 Å². The van der Waals surface area contributed by atoms with Gasteiger partial charge in [0, 0.05) is 6.42 Å². The van der Waals surface area contributed by atoms with Gasteiger partial charge < -0.3 is 15.8 Å². The number of carbonyl (C=O) groups excluding carboxylic acids is 2. The van der Waals surface area contributed by atoms with Gasteiger partial charge in [-0.05, 0) is 28.8 Å². The number of nitrogen functional groups attached to an aromatic ring is 1. The van der Waals surface area contributed by atoms with E-state index in [4.69, 9.17) is 10.5 Å². The van der Waals surface area contributed by atoms with Crippen molar-refractivity contribution in [1.29, 1.82) is 0 Å². The molecule has 6 nitrogen and oxygen atoms in total. The van der Waals surface area contributed by atoms with Crippen molar-refractivity contribution in [2.24, 2.45) is 0 Å². The van der Waals surface area contributed by atoms with Gasteiger partial charge in [0.1, 0.15) is 12.6 Å². The maximum atomic E-state index is 13.1. The van der Waals surface area contributed by atoms with Crippen molar-refractivity contribution in [1.82, 2.24) is 4.90 Å². The molecule has 2 amide bonds. The molecule has 0 fully saturated rings. The highest BCUT2D eigenvalue weighted by atomic mass is 16.6. The van der Waals surface area contributed by atoms with Crippen molar-refractivity contribution in [3.8, 4) is 0 Å². The lowest BCUT2D eigenvalue weighted by Crippen LogP contribution is -2.50. The van der Waals surface area contributed by atoms with Crippen LogP contribution < -0.4 is 11.1 Å². The normalized spacial score (nSPS) is 15.2. The standard InChI is InChI=1S/C24H23N3O3/c25-20-12-6-7-13-21(20)26-23(28)22-14-18-10-4-5-11-19(18)15-27(22)24(29)30-16-17-8-2-1-3-9-17/h1-13,22H,14-16,25H2,(H,26,28)/t22-/m0/s1. The molecule has 1 heterocycles. The summed E-state index contributed by atoms with van der Waals surface area (Å²) in [5.41, 5.74) is 9.91. The number of amides is 2. The van der Waals surface area contributed by atoms with Crippen LogP contribution in [0.4, 0.5) is 16.2 Å². The summed E-state index contributed by atoms with van der Waals surface area (Å²) in [7, 11) is 0. The van der Waals surface area contributed by atoms with E-state index in [0.29, 0.717) is 24.3 Å². The van der Waals surface area contributed by atoms with E-state index in [2.05, 4.69) is 5.32 Å². The minimum atomic E-state index is -0.692. The summed E-state index contributed by atoms with van der Waals surface area (Å²) in [6, 6.07) is 23.6. The second kappa shape index (κ2) is 8.69. The highest BCUT2D eigenvalue weighted by Crippen LogP contribution is 2.26. The lowest BCUT2D eigenvalue weighted by atomic mass is 9.93. The number of hydrogen-bond donors (Lipinski definition) is 2. The molecule has 1 aliphatic rings. The molecule has 0 spiro atoms. The Morgan fingerprint density at radius 1 is 0.933 bits per heavy atom. The smallest absolute Gasteiger partial charge is 0.411 e. The van der Waals surface area contributed by atoms with Crippen LogP contribution in [0.5, 0.6) is 0 Å². The highest BCUT2D eigenvalue weighted by Gasteiger charge is 2.35. The largest absolute Gasteiger partial charge is 0.445 e. The lowest BCUT2D eigenvalue weighted by Gasteiger charge is -2.35. The molecule has 152 valence electrons. The van der Waals surface area contributed by atoms with Gasteiger partial charge in [0.15, 0.2) is 0 Å². The van der Waals surface area contributed by atoms with E-state index in [1.54, 1.807) is 24.3 Å². The summed E-state index contributed by atoms with van der Waals surface area (Å²) < 4.78 is 5.52. The zero-order valence-corrected chi connectivity index (χ0v) is 16.5. The van der Waals surface area contributed by atoms with Gasteiger partial charge in [-0.15, -0.1) is 0 Å². The van der Waals surface area contributed by atoms with Crippen molar-refractivity contribution >= 4 is 23.4 Å². The molecule has 4 rings (SSSR count). The first kappa shape index (κ1) is 19.5. The number of para-hydroxylation sites is 2. The van der Waals surface area contributed by atoms with Gasteiger partial charge in [-0.25, -0.2) is 4.79 Å². The molecule has 3 N–H and O–H groups in total. The third-order valence-electron chi connectivity index (χ3n) is 5.21. The van der Waals surface area contributed by atoms with Gasteiger partial charge in [-0.2, -0.15) is 0 Å². The Kier molecular flexibility index (Phi) is 5.66. The fraction of sp³-hybridized carbons (Fsp3) is 0.167. The Morgan fingerprint density at radius 2 is 1.60 bits per heavy atom. The number of nitrogens with zero attached hydrogens (tertiary/aromatic N) is 1. The number of rotatable bonds is 4. The number of hydrogen-bond acceptors (Lipinski definition) is 4. The van der Waals surface area contributed by atoms with E-state index >= 15 is 0 Å². The van der Waals surface area contributed by atoms with Gasteiger partial charge in [0.2, 0.25) is 5.91 Å². The molecule has 0 saturated heterocycles. The molecule has 3 aromatic rings. The predicted molar refractivity (Wildman–Crippen MR) is 116 cm³/mol. The van der Waals surface area contributed by atoms with Crippen LogP contribution in [0.25, 0.3) is 0 Å². The Hall–Kier alpha value is -3.80. The number of nitrogens with one attached hydrogen (secondary N) is 1. The molecule has 0 radical (unpaired) electrons. The van der Waals surface area contributed by atoms with Gasteiger partial charge in [-0.1, -0.05) is 66.7 Å². The lowest BCUT2D eigenvalue weighted by molar-refractivity contribution is -0.121. The van der Waals surface area contributed by atoms with E-state index in [9.17, 15) is 9.59 Å². The topological polar surface area (TPSA) is 84.7 Å². The summed E-state index contributed by atoms with van der Waals surface area (Å²) in [4.78, 5) is 27.5. The van der Waals surface area contributed by atoms with E-state index in [1.807, 2.05) is 54.6 Å². The first-order valence-corrected chi connectivity index (χ1v) is 9.81. The Balaban J connectivity index is 1.54. The van der Waals surface area contributed by atoms with Crippen LogP contribution in [0.3, 0.4) is 0 Å². The molecule has 1 aliphatic heterocycles. The van der Waals surface area contributed by atoms with Crippen LogP contribution in [0.15, 0.2) is 78.9 Å². The molecule has 30 heavy (non-hydrogen) atoms. The molecule has 1 atom stereocenters. The molecule has 6 heteroatoms. The predicted octanol–water partition coefficient (Wildman–Crippen LogP) is 3.97. The van der Waals surface area contributed by atoms with Crippen molar-refractivity contribution in [3.63, 3.8) is 0 Å². The van der Waals surface area contributed by atoms with E-state index < -0.39 is 12.1 Å². The third-order valence-corrected chi connectivity index (χ3v) is 5.21. The minimum absolute atomic E-state index is 0.151. The SMILES string of the molecule is Nc1ccccc1NC(=O)[C@@H]1Cc2ccccc2CN1C(=O)OCc1ccccc1. The monoisotopic (exact) mass is 401 g/mol. The van der Waals surface area contributed by atoms with Crippen molar-refractivity contribution in [2.75, 3.05) is 11.1 Å². The number of anilines is 2. The van der Waals surface area contributed by atoms with Crippen molar-refractivity contribution < 1.29 is 14.3 Å². The van der Waals surface area contributed by atoms with Crippen LogP contribution >= 0.6 is 0 Å². The minimum Gasteiger partial charge on any atom is -0.445 e. The molecule has 3 aromatic carbocycles. The number of nitrogens with two attached hydrogens (primary N) is 1. The summed E-state index contributed by atoms with van der Waals surface area (Å²) in [5.74, 6) is -0.293. The second-order valence-electron chi connectivity index (χ2n) is 7.23. The Labute approximate surface area is 175 Å². The van der Waals surface area contributed by atoms with Gasteiger partial charge in [-0.3, -0.25) is 9.69 Å². The molecule has 0 aliphatic carbocycles. The van der Waals surface area contributed by atoms with Crippen LogP contribution in [0, 0.1) is 0 Å². The average molecular weight is 401 g/mol. The zero-order chi connectivity index (χ0) is 20.9. The second-order valence-corrected chi connectivity index (χ2v) is 7.23. The molecular weight excluding hydrogens is 378 g/mol. The quantitative estimate of drug-likeness (QED) is 0.648. The maximum Gasteiger partial charge on any atom is 0.411 e. The Morgan fingerprint density at radius 3 is 2.37 bits per heavy atom. The molecule has 0 saturated carbocycles. The molecule has 0 aromatic heterocycles. The van der Waals surface area contributed by atoms with Crippen LogP contribution in [0.2, 0.25) is 0 Å². The fourth-order valence-corrected chi connectivity index (χ4v) is 3.58. The summed E-state index contributed by atoms with van der Waals surface area (Å²) in [5, 5.41) is 2.86. The zero-order valence-electron chi connectivity index (χ0n) is 16.5. The van der Waals surface area contributed by atoms with E-state index in [-0.39, 0.29) is 12.5 Å².